The van der Waals surface area contributed by atoms with Crippen molar-refractivity contribution in [1.82, 2.24) is 14.6 Å². The summed E-state index contributed by atoms with van der Waals surface area (Å²) >= 11 is 0. The summed E-state index contributed by atoms with van der Waals surface area (Å²) in [6.07, 6.45) is -2.76. The van der Waals surface area contributed by atoms with Crippen molar-refractivity contribution in [2.24, 2.45) is 0 Å². The first-order valence-electron chi connectivity index (χ1n) is 5.02. The number of halogens is 3. The van der Waals surface area contributed by atoms with Crippen LogP contribution in [0.3, 0.4) is 0 Å². The first-order valence-corrected chi connectivity index (χ1v) is 5.02. The number of hydrogen-bond acceptors (Lipinski definition) is 3. The van der Waals surface area contributed by atoms with E-state index in [2.05, 4.69) is 10.1 Å². The standard InChI is InChI=1S/C10H8F3N3O2/c1-2-7-5(9(17)18)3-14-8-6(10(11,12)13)4-15-16(7)8/h3-4H,2H2,1H3,(H,17,18). The van der Waals surface area contributed by atoms with Crippen molar-refractivity contribution in [3.63, 3.8) is 0 Å². The van der Waals surface area contributed by atoms with E-state index in [4.69, 9.17) is 5.11 Å². The number of carboxylic acids is 1. The van der Waals surface area contributed by atoms with Gasteiger partial charge in [0, 0.05) is 6.20 Å². The fourth-order valence-corrected chi connectivity index (χ4v) is 1.70. The maximum absolute atomic E-state index is 12.6. The first-order chi connectivity index (χ1) is 8.36. The van der Waals surface area contributed by atoms with Crippen LogP contribution in [-0.2, 0) is 12.6 Å². The van der Waals surface area contributed by atoms with Crippen LogP contribution in [0.15, 0.2) is 12.4 Å². The van der Waals surface area contributed by atoms with Crippen molar-refractivity contribution in [2.45, 2.75) is 19.5 Å². The fourth-order valence-electron chi connectivity index (χ4n) is 1.70. The molecule has 0 aliphatic rings. The van der Waals surface area contributed by atoms with E-state index >= 15 is 0 Å². The Hall–Kier alpha value is -2.12. The van der Waals surface area contributed by atoms with E-state index < -0.39 is 17.7 Å². The molecule has 0 unspecified atom stereocenters. The second-order valence-electron chi connectivity index (χ2n) is 3.57. The Morgan fingerprint density at radius 1 is 1.44 bits per heavy atom. The van der Waals surface area contributed by atoms with Crippen molar-refractivity contribution in [3.05, 3.63) is 29.2 Å². The van der Waals surface area contributed by atoms with Gasteiger partial charge in [-0.1, -0.05) is 6.92 Å². The number of aromatic nitrogens is 3. The van der Waals surface area contributed by atoms with E-state index in [0.29, 0.717) is 6.20 Å². The lowest BCUT2D eigenvalue weighted by molar-refractivity contribution is -0.136. The predicted octanol–water partition coefficient (Wildman–Crippen LogP) is 2.01. The van der Waals surface area contributed by atoms with Gasteiger partial charge in [0.25, 0.3) is 0 Å². The van der Waals surface area contributed by atoms with Gasteiger partial charge in [0.1, 0.15) is 5.56 Å². The van der Waals surface area contributed by atoms with Gasteiger partial charge in [-0.25, -0.2) is 14.3 Å². The third-order valence-electron chi connectivity index (χ3n) is 2.50. The number of rotatable bonds is 2. The van der Waals surface area contributed by atoms with Gasteiger partial charge >= 0.3 is 12.1 Å². The normalized spacial score (nSPS) is 12.0. The highest BCUT2D eigenvalue weighted by atomic mass is 19.4. The van der Waals surface area contributed by atoms with Gasteiger partial charge in [-0.3, -0.25) is 0 Å². The Labute approximate surface area is 98.9 Å². The van der Waals surface area contributed by atoms with Crippen LogP contribution in [0.25, 0.3) is 5.65 Å². The number of carbonyl (C=O) groups is 1. The Bertz CT molecular complexity index is 619. The first kappa shape index (κ1) is 12.3. The van der Waals surface area contributed by atoms with E-state index in [-0.39, 0.29) is 23.3 Å². The van der Waals surface area contributed by atoms with Gasteiger partial charge in [0.05, 0.1) is 17.5 Å². The average molecular weight is 259 g/mol. The maximum Gasteiger partial charge on any atom is 0.421 e. The van der Waals surface area contributed by atoms with E-state index in [1.54, 1.807) is 6.92 Å². The summed E-state index contributed by atoms with van der Waals surface area (Å²) < 4.78 is 38.8. The molecule has 2 heterocycles. The Morgan fingerprint density at radius 3 is 2.61 bits per heavy atom. The van der Waals surface area contributed by atoms with Gasteiger partial charge in [-0.15, -0.1) is 0 Å². The summed E-state index contributed by atoms with van der Waals surface area (Å²) in [6.45, 7) is 1.64. The number of alkyl halides is 3. The summed E-state index contributed by atoms with van der Waals surface area (Å²) in [7, 11) is 0. The van der Waals surface area contributed by atoms with Crippen LogP contribution in [-0.4, -0.2) is 25.7 Å². The van der Waals surface area contributed by atoms with Crippen LogP contribution in [0.5, 0.6) is 0 Å². The molecule has 1 N–H and O–H groups in total. The summed E-state index contributed by atoms with van der Waals surface area (Å²) in [5.74, 6) is -1.25. The number of fused-ring (bicyclic) bond motifs is 1. The Balaban J connectivity index is 2.77. The highest BCUT2D eigenvalue weighted by Gasteiger charge is 2.35. The molecule has 0 radical (unpaired) electrons. The topological polar surface area (TPSA) is 67.5 Å². The zero-order chi connectivity index (χ0) is 13.5. The number of nitrogens with zero attached hydrogens (tertiary/aromatic N) is 3. The maximum atomic E-state index is 12.6. The lowest BCUT2D eigenvalue weighted by atomic mass is 10.2. The molecule has 0 aliphatic carbocycles. The van der Waals surface area contributed by atoms with Crippen LogP contribution >= 0.6 is 0 Å². The Morgan fingerprint density at radius 2 is 2.11 bits per heavy atom. The molecule has 0 fully saturated rings. The molecule has 2 aromatic rings. The monoisotopic (exact) mass is 259 g/mol. The summed E-state index contributed by atoms with van der Waals surface area (Å²) in [6, 6.07) is 0. The number of hydrogen-bond donors (Lipinski definition) is 1. The van der Waals surface area contributed by atoms with Crippen LogP contribution in [0, 0.1) is 0 Å². The number of aryl methyl sites for hydroxylation is 1. The smallest absolute Gasteiger partial charge is 0.421 e. The largest absolute Gasteiger partial charge is 0.478 e. The molecule has 8 heteroatoms. The molecule has 0 saturated heterocycles. The molecule has 0 aromatic carbocycles. The van der Waals surface area contributed by atoms with Gasteiger partial charge in [-0.2, -0.15) is 18.3 Å². The van der Waals surface area contributed by atoms with Crippen molar-refractivity contribution in [2.75, 3.05) is 0 Å². The molecule has 2 rings (SSSR count). The molecule has 0 aliphatic heterocycles. The molecule has 0 spiro atoms. The minimum atomic E-state index is -4.56. The molecular formula is C10H8F3N3O2. The van der Waals surface area contributed by atoms with Gasteiger partial charge in [-0.05, 0) is 6.42 Å². The summed E-state index contributed by atoms with van der Waals surface area (Å²) in [4.78, 5) is 14.5. The molecular weight excluding hydrogens is 251 g/mol. The zero-order valence-electron chi connectivity index (χ0n) is 9.19. The highest BCUT2D eigenvalue weighted by Crippen LogP contribution is 2.32. The molecule has 96 valence electrons. The van der Waals surface area contributed by atoms with E-state index in [1.165, 1.54) is 0 Å². The van der Waals surface area contributed by atoms with Crippen LogP contribution < -0.4 is 0 Å². The van der Waals surface area contributed by atoms with Crippen molar-refractivity contribution < 1.29 is 23.1 Å². The highest BCUT2D eigenvalue weighted by molar-refractivity contribution is 5.88. The third-order valence-corrected chi connectivity index (χ3v) is 2.50. The van der Waals surface area contributed by atoms with Crippen LogP contribution in [0.4, 0.5) is 13.2 Å². The Kier molecular flexibility index (Phi) is 2.72. The zero-order valence-corrected chi connectivity index (χ0v) is 9.19. The van der Waals surface area contributed by atoms with Crippen molar-refractivity contribution in [1.29, 1.82) is 0 Å². The summed E-state index contributed by atoms with van der Waals surface area (Å²) in [5.41, 5.74) is -1.33. The molecule has 0 saturated carbocycles. The molecule has 0 bridgehead atoms. The second-order valence-corrected chi connectivity index (χ2v) is 3.57. The van der Waals surface area contributed by atoms with E-state index in [0.717, 1.165) is 10.7 Å². The van der Waals surface area contributed by atoms with Crippen LogP contribution in [0.1, 0.15) is 28.5 Å². The van der Waals surface area contributed by atoms with Crippen molar-refractivity contribution in [3.8, 4) is 0 Å². The molecule has 0 atom stereocenters. The molecule has 2 aromatic heterocycles. The quantitative estimate of drug-likeness (QED) is 0.895. The van der Waals surface area contributed by atoms with Gasteiger partial charge in [0.2, 0.25) is 0 Å². The number of carboxylic acid groups (broad SMARTS) is 1. The molecule has 0 amide bonds. The minimum Gasteiger partial charge on any atom is -0.478 e. The SMILES string of the molecule is CCc1c(C(=O)O)cnc2c(C(F)(F)F)cnn12. The molecule has 5 nitrogen and oxygen atoms in total. The lowest BCUT2D eigenvalue weighted by Crippen LogP contribution is -2.11. The van der Waals surface area contributed by atoms with Gasteiger partial charge in [0.15, 0.2) is 5.65 Å². The summed E-state index contributed by atoms with van der Waals surface area (Å²) in [5, 5.41) is 12.5. The third kappa shape index (κ3) is 1.79. The number of aromatic carboxylic acids is 1. The van der Waals surface area contributed by atoms with Gasteiger partial charge < -0.3 is 5.11 Å². The fraction of sp³-hybridized carbons (Fsp3) is 0.300. The van der Waals surface area contributed by atoms with E-state index in [1.807, 2.05) is 0 Å². The van der Waals surface area contributed by atoms with Crippen molar-refractivity contribution >= 4 is 11.6 Å². The van der Waals surface area contributed by atoms with Crippen LogP contribution in [0.2, 0.25) is 0 Å². The molecule has 18 heavy (non-hydrogen) atoms. The minimum absolute atomic E-state index is 0.151. The second kappa shape index (κ2) is 3.97. The lowest BCUT2D eigenvalue weighted by Gasteiger charge is -2.07. The average Bonchev–Trinajstić information content (AvgIpc) is 2.70. The van der Waals surface area contributed by atoms with E-state index in [9.17, 15) is 18.0 Å². The predicted molar refractivity (Wildman–Crippen MR) is 54.3 cm³/mol.